The lowest BCUT2D eigenvalue weighted by Gasteiger charge is -2.09. The third-order valence-electron chi connectivity index (χ3n) is 3.27. The number of amides is 1. The molecule has 0 bridgehead atoms. The second-order valence-corrected chi connectivity index (χ2v) is 7.07. The van der Waals surface area contributed by atoms with Crippen LogP contribution in [0.25, 0.3) is 9.88 Å². The molecule has 4 nitrogen and oxygen atoms in total. The minimum absolute atomic E-state index is 0.150. The number of rotatable bonds is 6. The molecule has 0 unspecified atom stereocenters. The first kappa shape index (κ1) is 18.4. The van der Waals surface area contributed by atoms with Crippen LogP contribution in [0.15, 0.2) is 47.2 Å². The second-order valence-electron chi connectivity index (χ2n) is 5.27. The number of halogens is 3. The predicted molar refractivity (Wildman–Crippen MR) is 94.1 cm³/mol. The molecule has 1 amide bonds. The molecule has 1 aromatic carbocycles. The van der Waals surface area contributed by atoms with Gasteiger partial charge in [-0.3, -0.25) is 4.79 Å². The lowest BCUT2D eigenvalue weighted by Crippen LogP contribution is -2.24. The van der Waals surface area contributed by atoms with E-state index in [9.17, 15) is 18.0 Å². The first-order valence-corrected chi connectivity index (χ1v) is 9.25. The van der Waals surface area contributed by atoms with Gasteiger partial charge in [-0.15, -0.1) is 35.8 Å². The predicted octanol–water partition coefficient (Wildman–Crippen LogP) is 4.63. The van der Waals surface area contributed by atoms with Crippen LogP contribution in [0.5, 0.6) is 5.75 Å². The molecule has 1 N–H and O–H groups in total. The number of carbonyl (C=O) groups excluding carboxylic acids is 1. The molecule has 136 valence electrons. The fourth-order valence-corrected chi connectivity index (χ4v) is 3.77. The zero-order valence-corrected chi connectivity index (χ0v) is 14.9. The number of hydrogen-bond donors (Lipinski definition) is 1. The monoisotopic (exact) mass is 398 g/mol. The molecule has 0 saturated heterocycles. The van der Waals surface area contributed by atoms with Gasteiger partial charge in [0.05, 0.1) is 17.0 Å². The molecule has 2 aromatic heterocycles. The van der Waals surface area contributed by atoms with Gasteiger partial charge in [0.15, 0.2) is 0 Å². The van der Waals surface area contributed by atoms with Crippen LogP contribution in [-0.4, -0.2) is 17.3 Å². The summed E-state index contributed by atoms with van der Waals surface area (Å²) in [6.45, 7) is 0.215. The van der Waals surface area contributed by atoms with Crippen LogP contribution in [0.4, 0.5) is 13.2 Å². The second kappa shape index (κ2) is 7.88. The molecule has 0 aliphatic heterocycles. The van der Waals surface area contributed by atoms with E-state index in [1.165, 1.54) is 35.6 Å². The molecule has 26 heavy (non-hydrogen) atoms. The Kier molecular flexibility index (Phi) is 5.58. The maximum atomic E-state index is 12.1. The smallest absolute Gasteiger partial charge is 0.406 e. The Morgan fingerprint density at radius 2 is 1.92 bits per heavy atom. The van der Waals surface area contributed by atoms with E-state index in [2.05, 4.69) is 15.0 Å². The largest absolute Gasteiger partial charge is 0.573 e. The summed E-state index contributed by atoms with van der Waals surface area (Å²) >= 11 is 3.07. The molecule has 9 heteroatoms. The molecule has 3 aromatic rings. The van der Waals surface area contributed by atoms with Gasteiger partial charge < -0.3 is 10.1 Å². The fourth-order valence-electron chi connectivity index (χ4n) is 2.14. The number of benzene rings is 1. The van der Waals surface area contributed by atoms with Gasteiger partial charge in [0.1, 0.15) is 10.8 Å². The van der Waals surface area contributed by atoms with E-state index in [-0.39, 0.29) is 24.6 Å². The summed E-state index contributed by atoms with van der Waals surface area (Å²) in [5.74, 6) is -0.500. The van der Waals surface area contributed by atoms with E-state index in [4.69, 9.17) is 0 Å². The number of aromatic nitrogens is 1. The van der Waals surface area contributed by atoms with Crippen LogP contribution in [0.3, 0.4) is 0 Å². The highest BCUT2D eigenvalue weighted by molar-refractivity contribution is 7.20. The van der Waals surface area contributed by atoms with Crippen molar-refractivity contribution in [1.29, 1.82) is 0 Å². The lowest BCUT2D eigenvalue weighted by atomic mass is 10.2. The number of carbonyl (C=O) groups is 1. The quantitative estimate of drug-likeness (QED) is 0.659. The van der Waals surface area contributed by atoms with Crippen molar-refractivity contribution in [1.82, 2.24) is 10.3 Å². The van der Waals surface area contributed by atoms with Gasteiger partial charge in [0.2, 0.25) is 5.91 Å². The standard InChI is InChI=1S/C17H13F3N2O2S2/c18-17(19,20)24-13-5-3-11(4-6-13)9-21-15(23)8-12-10-26-16(22-12)14-2-1-7-25-14/h1-7,10H,8-9H2,(H,21,23). The summed E-state index contributed by atoms with van der Waals surface area (Å²) in [6.07, 6.45) is -4.57. The summed E-state index contributed by atoms with van der Waals surface area (Å²) in [4.78, 5) is 17.5. The number of ether oxygens (including phenoxy) is 1. The lowest BCUT2D eigenvalue weighted by molar-refractivity contribution is -0.274. The Balaban J connectivity index is 1.50. The van der Waals surface area contributed by atoms with E-state index in [0.29, 0.717) is 11.3 Å². The summed E-state index contributed by atoms with van der Waals surface area (Å²) in [7, 11) is 0. The number of hydrogen-bond acceptors (Lipinski definition) is 5. The number of thiazole rings is 1. The highest BCUT2D eigenvalue weighted by Crippen LogP contribution is 2.28. The summed E-state index contributed by atoms with van der Waals surface area (Å²) in [5.41, 5.74) is 1.36. The van der Waals surface area contributed by atoms with E-state index in [1.54, 1.807) is 11.3 Å². The molecule has 0 fully saturated rings. The van der Waals surface area contributed by atoms with Crippen molar-refractivity contribution in [2.75, 3.05) is 0 Å². The van der Waals surface area contributed by atoms with E-state index in [0.717, 1.165) is 9.88 Å². The van der Waals surface area contributed by atoms with E-state index < -0.39 is 6.36 Å². The van der Waals surface area contributed by atoms with Gasteiger partial charge in [-0.1, -0.05) is 18.2 Å². The third kappa shape index (κ3) is 5.30. The summed E-state index contributed by atoms with van der Waals surface area (Å²) < 4.78 is 40.1. The molecule has 0 radical (unpaired) electrons. The van der Waals surface area contributed by atoms with Crippen LogP contribution >= 0.6 is 22.7 Å². The Hall–Kier alpha value is -2.39. The van der Waals surface area contributed by atoms with E-state index in [1.807, 2.05) is 22.9 Å². The molecule has 0 aliphatic carbocycles. The zero-order chi connectivity index (χ0) is 18.6. The van der Waals surface area contributed by atoms with Gasteiger partial charge in [0, 0.05) is 11.9 Å². The van der Waals surface area contributed by atoms with Crippen molar-refractivity contribution in [3.05, 3.63) is 58.4 Å². The summed E-state index contributed by atoms with van der Waals surface area (Å²) in [5, 5.41) is 7.41. The van der Waals surface area contributed by atoms with Crippen LogP contribution in [0, 0.1) is 0 Å². The molecule has 0 atom stereocenters. The van der Waals surface area contributed by atoms with Gasteiger partial charge in [-0.25, -0.2) is 4.98 Å². The SMILES string of the molecule is O=C(Cc1csc(-c2cccs2)n1)NCc1ccc(OC(F)(F)F)cc1. The number of alkyl halides is 3. The normalized spacial score (nSPS) is 11.3. The Morgan fingerprint density at radius 1 is 1.15 bits per heavy atom. The van der Waals surface area contributed by atoms with Crippen molar-refractivity contribution in [3.63, 3.8) is 0 Å². The molecule has 0 saturated carbocycles. The minimum atomic E-state index is -4.72. The highest BCUT2D eigenvalue weighted by atomic mass is 32.1. The fraction of sp³-hybridized carbons (Fsp3) is 0.176. The summed E-state index contributed by atoms with van der Waals surface area (Å²) in [6, 6.07) is 9.28. The topological polar surface area (TPSA) is 51.2 Å². The van der Waals surface area contributed by atoms with Crippen LogP contribution in [-0.2, 0) is 17.8 Å². The Morgan fingerprint density at radius 3 is 2.58 bits per heavy atom. The third-order valence-corrected chi connectivity index (χ3v) is 5.20. The van der Waals surface area contributed by atoms with Crippen molar-refractivity contribution >= 4 is 28.6 Å². The highest BCUT2D eigenvalue weighted by Gasteiger charge is 2.30. The maximum absolute atomic E-state index is 12.1. The average molecular weight is 398 g/mol. The first-order valence-electron chi connectivity index (χ1n) is 7.49. The average Bonchev–Trinajstić information content (AvgIpc) is 3.24. The van der Waals surface area contributed by atoms with Crippen LogP contribution in [0.1, 0.15) is 11.3 Å². The zero-order valence-electron chi connectivity index (χ0n) is 13.2. The van der Waals surface area contributed by atoms with Crippen molar-refractivity contribution in [2.24, 2.45) is 0 Å². The van der Waals surface area contributed by atoms with Gasteiger partial charge in [0.25, 0.3) is 0 Å². The number of nitrogens with one attached hydrogen (secondary N) is 1. The molecule has 0 spiro atoms. The molecule has 2 heterocycles. The molecule has 3 rings (SSSR count). The van der Waals surface area contributed by atoms with Gasteiger partial charge in [-0.05, 0) is 29.1 Å². The molecular formula is C17H13F3N2O2S2. The van der Waals surface area contributed by atoms with Crippen molar-refractivity contribution < 1.29 is 22.7 Å². The Labute approximate surface area is 155 Å². The number of thiophene rings is 1. The van der Waals surface area contributed by atoms with Gasteiger partial charge >= 0.3 is 6.36 Å². The molecule has 0 aliphatic rings. The van der Waals surface area contributed by atoms with Gasteiger partial charge in [-0.2, -0.15) is 0 Å². The first-order chi connectivity index (χ1) is 12.4. The maximum Gasteiger partial charge on any atom is 0.573 e. The molecular weight excluding hydrogens is 385 g/mol. The van der Waals surface area contributed by atoms with Crippen LogP contribution < -0.4 is 10.1 Å². The minimum Gasteiger partial charge on any atom is -0.406 e. The Bertz CT molecular complexity index is 859. The van der Waals surface area contributed by atoms with Crippen molar-refractivity contribution in [2.45, 2.75) is 19.3 Å². The van der Waals surface area contributed by atoms with E-state index >= 15 is 0 Å². The van der Waals surface area contributed by atoms with Crippen molar-refractivity contribution in [3.8, 4) is 15.6 Å². The van der Waals surface area contributed by atoms with Crippen LogP contribution in [0.2, 0.25) is 0 Å². The number of nitrogens with zero attached hydrogens (tertiary/aromatic N) is 1.